The van der Waals surface area contributed by atoms with E-state index in [4.69, 9.17) is 0 Å². The molecule has 2 nitrogen and oxygen atoms in total. The molecule has 2 fully saturated rings. The fourth-order valence-corrected chi connectivity index (χ4v) is 4.10. The van der Waals surface area contributed by atoms with Gasteiger partial charge in [0.2, 0.25) is 0 Å². The number of fused-ring (bicyclic) bond motifs is 1. The van der Waals surface area contributed by atoms with Crippen molar-refractivity contribution in [3.63, 3.8) is 0 Å². The van der Waals surface area contributed by atoms with Crippen LogP contribution in [0.25, 0.3) is 0 Å². The molecule has 2 saturated carbocycles. The summed E-state index contributed by atoms with van der Waals surface area (Å²) >= 11 is 0. The third kappa shape index (κ3) is 1.96. The predicted octanol–water partition coefficient (Wildman–Crippen LogP) is 2.75. The van der Waals surface area contributed by atoms with Gasteiger partial charge in [-0.15, -0.1) is 0 Å². The third-order valence-corrected chi connectivity index (χ3v) is 5.35. The van der Waals surface area contributed by atoms with Gasteiger partial charge in [-0.3, -0.25) is 0 Å². The summed E-state index contributed by atoms with van der Waals surface area (Å²) < 4.78 is 0. The van der Waals surface area contributed by atoms with Crippen molar-refractivity contribution in [2.24, 2.45) is 23.2 Å². The molecule has 0 aromatic heterocycles. The normalized spacial score (nSPS) is 47.1. The average Bonchev–Trinajstić information content (AvgIpc) is 2.60. The standard InChI is InChI=1S/C15H26O2/c1-9(2)11-7-8-15(4)12(16)6-5-10(3)14(17)13(11)15/h9,11-14,16-17H,3,5-8H2,1-2,4H3/t11-,12-,13+,14?,15-/m1/s1. The molecule has 2 heteroatoms. The molecule has 98 valence electrons. The molecule has 2 rings (SSSR count). The summed E-state index contributed by atoms with van der Waals surface area (Å²) in [6.07, 6.45) is 2.97. The van der Waals surface area contributed by atoms with Gasteiger partial charge in [0.15, 0.2) is 0 Å². The van der Waals surface area contributed by atoms with Gasteiger partial charge in [-0.25, -0.2) is 0 Å². The second-order valence-corrected chi connectivity index (χ2v) is 6.64. The first-order valence-electron chi connectivity index (χ1n) is 6.91. The van der Waals surface area contributed by atoms with Gasteiger partial charge in [0.05, 0.1) is 12.2 Å². The Balaban J connectivity index is 2.37. The lowest BCUT2D eigenvalue weighted by Crippen LogP contribution is -2.42. The minimum Gasteiger partial charge on any atom is -0.393 e. The van der Waals surface area contributed by atoms with E-state index in [-0.39, 0.29) is 17.4 Å². The van der Waals surface area contributed by atoms with Gasteiger partial charge in [-0.05, 0) is 54.4 Å². The Bertz CT molecular complexity index is 310. The number of aliphatic hydroxyl groups excluding tert-OH is 2. The quantitative estimate of drug-likeness (QED) is 0.690. The third-order valence-electron chi connectivity index (χ3n) is 5.35. The van der Waals surface area contributed by atoms with Crippen LogP contribution in [0.5, 0.6) is 0 Å². The second kappa shape index (κ2) is 4.40. The zero-order chi connectivity index (χ0) is 12.8. The lowest BCUT2D eigenvalue weighted by atomic mass is 9.68. The smallest absolute Gasteiger partial charge is 0.0784 e. The van der Waals surface area contributed by atoms with E-state index in [9.17, 15) is 10.2 Å². The van der Waals surface area contributed by atoms with Gasteiger partial charge in [0.1, 0.15) is 0 Å². The Labute approximate surface area is 105 Å². The number of aliphatic hydroxyl groups is 2. The first-order valence-corrected chi connectivity index (χ1v) is 6.91. The summed E-state index contributed by atoms with van der Waals surface area (Å²) in [5.74, 6) is 1.27. The maximum absolute atomic E-state index is 10.5. The minimum absolute atomic E-state index is 0.117. The molecule has 1 unspecified atom stereocenters. The highest BCUT2D eigenvalue weighted by atomic mass is 16.3. The van der Waals surface area contributed by atoms with Gasteiger partial charge in [-0.1, -0.05) is 27.4 Å². The number of hydrogen-bond donors (Lipinski definition) is 2. The lowest BCUT2D eigenvalue weighted by Gasteiger charge is -2.39. The highest BCUT2D eigenvalue weighted by molar-refractivity contribution is 5.15. The number of rotatable bonds is 1. The van der Waals surface area contributed by atoms with E-state index in [0.717, 1.165) is 31.3 Å². The Morgan fingerprint density at radius 3 is 2.53 bits per heavy atom. The van der Waals surface area contributed by atoms with Crippen LogP contribution in [0.15, 0.2) is 12.2 Å². The van der Waals surface area contributed by atoms with Gasteiger partial charge < -0.3 is 10.2 Å². The van der Waals surface area contributed by atoms with Crippen LogP contribution >= 0.6 is 0 Å². The van der Waals surface area contributed by atoms with Crippen LogP contribution in [0, 0.1) is 23.2 Å². The molecular formula is C15H26O2. The molecule has 2 aliphatic rings. The maximum atomic E-state index is 10.5. The Hall–Kier alpha value is -0.340. The van der Waals surface area contributed by atoms with Gasteiger partial charge in [0, 0.05) is 0 Å². The zero-order valence-corrected chi connectivity index (χ0v) is 11.3. The van der Waals surface area contributed by atoms with Crippen LogP contribution in [0.3, 0.4) is 0 Å². The van der Waals surface area contributed by atoms with Crippen molar-refractivity contribution in [3.8, 4) is 0 Å². The molecule has 0 heterocycles. The highest BCUT2D eigenvalue weighted by Gasteiger charge is 2.54. The Morgan fingerprint density at radius 1 is 1.29 bits per heavy atom. The van der Waals surface area contributed by atoms with Crippen molar-refractivity contribution in [1.82, 2.24) is 0 Å². The van der Waals surface area contributed by atoms with Crippen LogP contribution in [-0.4, -0.2) is 22.4 Å². The monoisotopic (exact) mass is 238 g/mol. The van der Waals surface area contributed by atoms with E-state index in [1.807, 2.05) is 0 Å². The average molecular weight is 238 g/mol. The molecule has 0 saturated heterocycles. The SMILES string of the molecule is C=C1CC[C@@H](O)[C@@]2(C)CC[C@H](C(C)C)[C@H]2C1O. The summed E-state index contributed by atoms with van der Waals surface area (Å²) in [6, 6.07) is 0. The molecule has 0 aromatic rings. The Kier molecular flexibility index (Phi) is 3.39. The summed E-state index contributed by atoms with van der Waals surface area (Å²) in [5, 5.41) is 20.9. The van der Waals surface area contributed by atoms with Crippen molar-refractivity contribution in [2.75, 3.05) is 0 Å². The van der Waals surface area contributed by atoms with Crippen molar-refractivity contribution in [2.45, 2.75) is 58.7 Å². The van der Waals surface area contributed by atoms with Crippen LogP contribution in [0.1, 0.15) is 46.5 Å². The maximum Gasteiger partial charge on any atom is 0.0784 e. The van der Waals surface area contributed by atoms with Crippen molar-refractivity contribution >= 4 is 0 Å². The summed E-state index contributed by atoms with van der Waals surface area (Å²) in [4.78, 5) is 0. The Morgan fingerprint density at radius 2 is 1.94 bits per heavy atom. The fourth-order valence-electron chi connectivity index (χ4n) is 4.10. The first kappa shape index (κ1) is 13.1. The molecule has 5 atom stereocenters. The molecule has 2 N–H and O–H groups in total. The molecule has 17 heavy (non-hydrogen) atoms. The van der Waals surface area contributed by atoms with Crippen LogP contribution in [-0.2, 0) is 0 Å². The fraction of sp³-hybridized carbons (Fsp3) is 0.867. The van der Waals surface area contributed by atoms with Crippen molar-refractivity contribution in [3.05, 3.63) is 12.2 Å². The van der Waals surface area contributed by atoms with Crippen LogP contribution in [0.4, 0.5) is 0 Å². The van der Waals surface area contributed by atoms with Gasteiger partial charge in [-0.2, -0.15) is 0 Å². The van der Waals surface area contributed by atoms with Crippen LogP contribution in [0.2, 0.25) is 0 Å². The molecule has 0 aromatic carbocycles. The zero-order valence-electron chi connectivity index (χ0n) is 11.3. The van der Waals surface area contributed by atoms with E-state index >= 15 is 0 Å². The second-order valence-electron chi connectivity index (χ2n) is 6.64. The minimum atomic E-state index is -0.424. The molecule has 0 aliphatic heterocycles. The van der Waals surface area contributed by atoms with E-state index in [1.54, 1.807) is 0 Å². The highest BCUT2D eigenvalue weighted by Crippen LogP contribution is 2.56. The molecular weight excluding hydrogens is 212 g/mol. The molecule has 0 amide bonds. The van der Waals surface area contributed by atoms with E-state index in [2.05, 4.69) is 27.4 Å². The summed E-state index contributed by atoms with van der Waals surface area (Å²) in [5.41, 5.74) is 0.804. The molecule has 0 radical (unpaired) electrons. The van der Waals surface area contributed by atoms with E-state index in [0.29, 0.717) is 11.8 Å². The van der Waals surface area contributed by atoms with Crippen molar-refractivity contribution in [1.29, 1.82) is 0 Å². The molecule has 0 bridgehead atoms. The van der Waals surface area contributed by atoms with Crippen LogP contribution < -0.4 is 0 Å². The van der Waals surface area contributed by atoms with E-state index in [1.165, 1.54) is 0 Å². The molecule has 2 aliphatic carbocycles. The molecule has 0 spiro atoms. The van der Waals surface area contributed by atoms with Gasteiger partial charge >= 0.3 is 0 Å². The largest absolute Gasteiger partial charge is 0.393 e. The van der Waals surface area contributed by atoms with Gasteiger partial charge in [0.25, 0.3) is 0 Å². The summed E-state index contributed by atoms with van der Waals surface area (Å²) in [6.45, 7) is 10.6. The summed E-state index contributed by atoms with van der Waals surface area (Å²) in [7, 11) is 0. The topological polar surface area (TPSA) is 40.5 Å². The van der Waals surface area contributed by atoms with E-state index < -0.39 is 6.10 Å². The first-order chi connectivity index (χ1) is 7.88. The predicted molar refractivity (Wildman–Crippen MR) is 69.5 cm³/mol. The lowest BCUT2D eigenvalue weighted by molar-refractivity contribution is -0.0371. The van der Waals surface area contributed by atoms with Crippen molar-refractivity contribution < 1.29 is 10.2 Å². The number of hydrogen-bond acceptors (Lipinski definition) is 2.